The lowest BCUT2D eigenvalue weighted by Crippen LogP contribution is -2.35. The lowest BCUT2D eigenvalue weighted by Gasteiger charge is -2.10. The van der Waals surface area contributed by atoms with Crippen LogP contribution in [0.3, 0.4) is 0 Å². The molecule has 0 spiro atoms. The van der Waals surface area contributed by atoms with E-state index >= 15 is 0 Å². The van der Waals surface area contributed by atoms with Crippen molar-refractivity contribution in [3.8, 4) is 0 Å². The molecule has 0 aromatic carbocycles. The number of carbonyl (C=O) groups excluding carboxylic acids is 1. The van der Waals surface area contributed by atoms with Gasteiger partial charge in [0.05, 0.1) is 24.7 Å². The molecule has 0 amide bonds. The molecule has 1 rings (SSSR count). The van der Waals surface area contributed by atoms with Gasteiger partial charge in [-0.2, -0.15) is 0 Å². The molecular weight excluding hydrogens is 246 g/mol. The highest BCUT2D eigenvalue weighted by atomic mass is 32.2. The number of methoxy groups -OCH3 is 1. The van der Waals surface area contributed by atoms with E-state index in [1.165, 1.54) is 0 Å². The summed E-state index contributed by atoms with van der Waals surface area (Å²) in [6.07, 6.45) is 1.24. The van der Waals surface area contributed by atoms with Crippen LogP contribution in [0, 0.1) is 0 Å². The number of nitrogens with one attached hydrogen (secondary N) is 1. The molecular formula is C10H19NO5S. The fraction of sp³-hybridized carbons (Fsp3) is 0.900. The molecule has 1 saturated heterocycles. The monoisotopic (exact) mass is 265 g/mol. The molecule has 1 aliphatic heterocycles. The number of rotatable bonds is 7. The van der Waals surface area contributed by atoms with Crippen LogP contribution in [0.4, 0.5) is 0 Å². The van der Waals surface area contributed by atoms with E-state index < -0.39 is 9.84 Å². The third-order valence-electron chi connectivity index (χ3n) is 2.52. The van der Waals surface area contributed by atoms with Gasteiger partial charge in [0, 0.05) is 26.2 Å². The van der Waals surface area contributed by atoms with Crippen molar-refractivity contribution in [1.29, 1.82) is 0 Å². The first-order valence-electron chi connectivity index (χ1n) is 5.62. The summed E-state index contributed by atoms with van der Waals surface area (Å²) in [5.74, 6) is -0.0391. The van der Waals surface area contributed by atoms with Crippen LogP contribution >= 0.6 is 0 Å². The third kappa shape index (κ3) is 5.99. The van der Waals surface area contributed by atoms with Crippen molar-refractivity contribution in [2.75, 3.05) is 38.4 Å². The van der Waals surface area contributed by atoms with E-state index in [4.69, 9.17) is 9.47 Å². The molecule has 1 unspecified atom stereocenters. The second-order valence-corrected chi connectivity index (χ2v) is 6.28. The summed E-state index contributed by atoms with van der Waals surface area (Å²) in [6.45, 7) is 0.950. The van der Waals surface area contributed by atoms with Gasteiger partial charge in [-0.25, -0.2) is 8.42 Å². The van der Waals surface area contributed by atoms with Gasteiger partial charge in [0.15, 0.2) is 9.84 Å². The van der Waals surface area contributed by atoms with Crippen molar-refractivity contribution in [2.45, 2.75) is 18.9 Å². The summed E-state index contributed by atoms with van der Waals surface area (Å²) in [7, 11) is -1.31. The molecule has 1 heterocycles. The van der Waals surface area contributed by atoms with Gasteiger partial charge in [-0.1, -0.05) is 0 Å². The van der Waals surface area contributed by atoms with Gasteiger partial charge in [0.1, 0.15) is 0 Å². The van der Waals surface area contributed by atoms with Crippen LogP contribution in [0.5, 0.6) is 0 Å². The van der Waals surface area contributed by atoms with E-state index in [9.17, 15) is 13.2 Å². The number of sulfone groups is 1. The van der Waals surface area contributed by atoms with Crippen LogP contribution in [0.1, 0.15) is 12.8 Å². The zero-order valence-corrected chi connectivity index (χ0v) is 10.8. The fourth-order valence-corrected chi connectivity index (χ4v) is 3.33. The Kier molecular flexibility index (Phi) is 5.87. The Labute approximate surface area is 102 Å². The lowest BCUT2D eigenvalue weighted by molar-refractivity contribution is -0.143. The summed E-state index contributed by atoms with van der Waals surface area (Å²) >= 11 is 0. The van der Waals surface area contributed by atoms with Crippen LogP contribution in [0.25, 0.3) is 0 Å². The molecule has 100 valence electrons. The zero-order valence-electron chi connectivity index (χ0n) is 9.98. The van der Waals surface area contributed by atoms with E-state index in [-0.39, 0.29) is 30.1 Å². The van der Waals surface area contributed by atoms with Gasteiger partial charge < -0.3 is 14.8 Å². The van der Waals surface area contributed by atoms with Gasteiger partial charge in [-0.15, -0.1) is 0 Å². The predicted molar refractivity (Wildman–Crippen MR) is 62.5 cm³/mol. The Morgan fingerprint density at radius 1 is 1.41 bits per heavy atom. The number of ether oxygens (including phenoxy) is 2. The maximum absolute atomic E-state index is 11.2. The second kappa shape index (κ2) is 6.93. The van der Waals surface area contributed by atoms with E-state index in [0.29, 0.717) is 26.1 Å². The first-order chi connectivity index (χ1) is 8.03. The molecule has 0 saturated carbocycles. The van der Waals surface area contributed by atoms with Crippen LogP contribution in [0.15, 0.2) is 0 Å². The molecule has 1 atom stereocenters. The fourth-order valence-electron chi connectivity index (χ4n) is 1.62. The quantitative estimate of drug-likeness (QED) is 0.486. The minimum atomic E-state index is -2.90. The highest BCUT2D eigenvalue weighted by Gasteiger charge is 2.27. The second-order valence-electron chi connectivity index (χ2n) is 4.05. The van der Waals surface area contributed by atoms with E-state index in [1.54, 1.807) is 7.11 Å². The van der Waals surface area contributed by atoms with Crippen LogP contribution in [-0.2, 0) is 24.1 Å². The SMILES string of the molecule is COCCCOC(=O)CNC1CCS(=O)(=O)C1. The topological polar surface area (TPSA) is 81.7 Å². The van der Waals surface area contributed by atoms with Crippen molar-refractivity contribution < 1.29 is 22.7 Å². The molecule has 0 radical (unpaired) electrons. The maximum Gasteiger partial charge on any atom is 0.319 e. The Morgan fingerprint density at radius 2 is 2.18 bits per heavy atom. The van der Waals surface area contributed by atoms with Gasteiger partial charge in [-0.3, -0.25) is 4.79 Å². The van der Waals surface area contributed by atoms with E-state index in [1.807, 2.05) is 0 Å². The van der Waals surface area contributed by atoms with Gasteiger partial charge in [-0.05, 0) is 6.42 Å². The highest BCUT2D eigenvalue weighted by molar-refractivity contribution is 7.91. The minimum Gasteiger partial charge on any atom is -0.465 e. The average molecular weight is 265 g/mol. The summed E-state index contributed by atoms with van der Waals surface area (Å²) in [5, 5.41) is 2.89. The van der Waals surface area contributed by atoms with Crippen molar-refractivity contribution in [2.24, 2.45) is 0 Å². The van der Waals surface area contributed by atoms with E-state index in [2.05, 4.69) is 5.32 Å². The van der Waals surface area contributed by atoms with E-state index in [0.717, 1.165) is 0 Å². The summed E-state index contributed by atoms with van der Waals surface area (Å²) in [6, 6.07) is -0.119. The van der Waals surface area contributed by atoms with Gasteiger partial charge >= 0.3 is 5.97 Å². The molecule has 0 aromatic heterocycles. The average Bonchev–Trinajstić information content (AvgIpc) is 2.62. The summed E-state index contributed by atoms with van der Waals surface area (Å²) in [4.78, 5) is 11.2. The van der Waals surface area contributed by atoms with Crippen LogP contribution < -0.4 is 5.32 Å². The Hall–Kier alpha value is -0.660. The Balaban J connectivity index is 2.08. The molecule has 7 heteroatoms. The standard InChI is InChI=1S/C10H19NO5S/c1-15-4-2-5-16-10(12)7-11-9-3-6-17(13,14)8-9/h9,11H,2-8H2,1H3. The maximum atomic E-state index is 11.2. The molecule has 17 heavy (non-hydrogen) atoms. The smallest absolute Gasteiger partial charge is 0.319 e. The summed E-state index contributed by atoms with van der Waals surface area (Å²) in [5.41, 5.74) is 0. The normalized spacial score (nSPS) is 22.5. The minimum absolute atomic E-state index is 0.0627. The number of carbonyl (C=O) groups is 1. The molecule has 0 aliphatic carbocycles. The first-order valence-corrected chi connectivity index (χ1v) is 7.44. The van der Waals surface area contributed by atoms with Crippen molar-refractivity contribution in [3.63, 3.8) is 0 Å². The molecule has 0 aromatic rings. The predicted octanol–water partition coefficient (Wildman–Crippen LogP) is -0.657. The van der Waals surface area contributed by atoms with Crippen molar-refractivity contribution in [1.82, 2.24) is 5.32 Å². The van der Waals surface area contributed by atoms with Crippen LogP contribution in [0.2, 0.25) is 0 Å². The number of hydrogen-bond donors (Lipinski definition) is 1. The van der Waals surface area contributed by atoms with Gasteiger partial charge in [0.2, 0.25) is 0 Å². The molecule has 6 nitrogen and oxygen atoms in total. The molecule has 1 N–H and O–H groups in total. The highest BCUT2D eigenvalue weighted by Crippen LogP contribution is 2.10. The lowest BCUT2D eigenvalue weighted by atomic mass is 10.3. The summed E-state index contributed by atoms with van der Waals surface area (Å²) < 4.78 is 32.1. The zero-order chi connectivity index (χ0) is 12.7. The Bertz CT molecular complexity index is 341. The third-order valence-corrected chi connectivity index (χ3v) is 4.29. The molecule has 1 fully saturated rings. The number of hydrogen-bond acceptors (Lipinski definition) is 6. The van der Waals surface area contributed by atoms with Gasteiger partial charge in [0.25, 0.3) is 0 Å². The number of esters is 1. The molecule has 1 aliphatic rings. The van der Waals surface area contributed by atoms with Crippen molar-refractivity contribution >= 4 is 15.8 Å². The first kappa shape index (κ1) is 14.4. The largest absolute Gasteiger partial charge is 0.465 e. The molecule has 0 bridgehead atoms. The van der Waals surface area contributed by atoms with Crippen LogP contribution in [-0.4, -0.2) is 58.8 Å². The Morgan fingerprint density at radius 3 is 2.76 bits per heavy atom. The van der Waals surface area contributed by atoms with Crippen molar-refractivity contribution in [3.05, 3.63) is 0 Å².